The molecule has 1 aliphatic heterocycles. The van der Waals surface area contributed by atoms with Crippen LogP contribution in [0.25, 0.3) is 0 Å². The molecule has 2 rings (SSSR count). The van der Waals surface area contributed by atoms with Crippen LogP contribution in [-0.4, -0.2) is 48.3 Å². The molecule has 0 aromatic heterocycles. The Hall–Kier alpha value is -1.84. The molecule has 0 radical (unpaired) electrons. The van der Waals surface area contributed by atoms with E-state index in [0.717, 1.165) is 11.2 Å². The average Bonchev–Trinajstić information content (AvgIpc) is 2.49. The van der Waals surface area contributed by atoms with Crippen molar-refractivity contribution in [2.45, 2.75) is 43.0 Å². The molecule has 9 heteroatoms. The van der Waals surface area contributed by atoms with E-state index < -0.39 is 21.3 Å². The smallest absolute Gasteiger partial charge is 0.245 e. The predicted octanol–water partition coefficient (Wildman–Crippen LogP) is 2.75. The highest BCUT2D eigenvalue weighted by Gasteiger charge is 2.35. The second kappa shape index (κ2) is 8.04. The maximum absolute atomic E-state index is 12.3. The lowest BCUT2D eigenvalue weighted by atomic mass is 9.90. The van der Waals surface area contributed by atoms with E-state index in [9.17, 15) is 18.3 Å². The van der Waals surface area contributed by atoms with Crippen molar-refractivity contribution in [1.29, 1.82) is 5.41 Å². The van der Waals surface area contributed by atoms with Crippen LogP contribution < -0.4 is 5.32 Å². The van der Waals surface area contributed by atoms with Crippen LogP contribution in [0.3, 0.4) is 0 Å². The molecular formula is C18H25N3O4S2. The first-order valence-electron chi connectivity index (χ1n) is 8.43. The molecule has 0 bridgehead atoms. The number of aliphatic hydroxyl groups is 1. The summed E-state index contributed by atoms with van der Waals surface area (Å²) in [5, 5.41) is 20.2. The third-order valence-corrected chi connectivity index (χ3v) is 6.37. The lowest BCUT2D eigenvalue weighted by molar-refractivity contribution is -0.127. The maximum atomic E-state index is 12.3. The topological polar surface area (TPSA) is 111 Å². The fraction of sp³-hybridized carbons (Fsp3) is 0.444. The number of carbonyl (C=O) groups excluding carboxylic acids is 1. The zero-order valence-electron chi connectivity index (χ0n) is 15.8. The van der Waals surface area contributed by atoms with Gasteiger partial charge in [0.15, 0.2) is 15.7 Å². The van der Waals surface area contributed by atoms with Gasteiger partial charge in [0.1, 0.15) is 6.04 Å². The van der Waals surface area contributed by atoms with E-state index in [0.29, 0.717) is 13.0 Å². The number of sulfone groups is 1. The third-order valence-electron chi connectivity index (χ3n) is 4.09. The molecule has 1 heterocycles. The zero-order chi connectivity index (χ0) is 20.4. The Morgan fingerprint density at radius 2 is 1.93 bits per heavy atom. The van der Waals surface area contributed by atoms with E-state index in [1.54, 1.807) is 24.3 Å². The highest BCUT2D eigenvalue weighted by atomic mass is 32.2. The fourth-order valence-corrected chi connectivity index (χ4v) is 3.90. The molecule has 3 N–H and O–H groups in total. The predicted molar refractivity (Wildman–Crippen MR) is 107 cm³/mol. The van der Waals surface area contributed by atoms with Crippen molar-refractivity contribution in [2.75, 3.05) is 12.8 Å². The summed E-state index contributed by atoms with van der Waals surface area (Å²) >= 11 is 1.37. The summed E-state index contributed by atoms with van der Waals surface area (Å²) in [6.45, 7) is 6.25. The lowest BCUT2D eigenvalue weighted by Crippen LogP contribution is -2.52. The molecule has 1 aromatic carbocycles. The Morgan fingerprint density at radius 1 is 1.33 bits per heavy atom. The van der Waals surface area contributed by atoms with Crippen LogP contribution in [0.1, 0.15) is 27.2 Å². The first-order valence-corrected chi connectivity index (χ1v) is 11.1. The largest absolute Gasteiger partial charge is 0.494 e. The number of hydrogen-bond donors (Lipinski definition) is 3. The van der Waals surface area contributed by atoms with Crippen molar-refractivity contribution >= 4 is 33.4 Å². The summed E-state index contributed by atoms with van der Waals surface area (Å²) in [4.78, 5) is 13.4. The Balaban J connectivity index is 1.96. The maximum Gasteiger partial charge on any atom is 0.245 e. The molecule has 1 saturated heterocycles. The Bertz CT molecular complexity index is 856. The number of benzene rings is 1. The lowest BCUT2D eigenvalue weighted by Gasteiger charge is -2.38. The van der Waals surface area contributed by atoms with Gasteiger partial charge in [-0.2, -0.15) is 0 Å². The summed E-state index contributed by atoms with van der Waals surface area (Å²) < 4.78 is 24.9. The van der Waals surface area contributed by atoms with Crippen LogP contribution in [0.5, 0.6) is 0 Å². The minimum atomic E-state index is -3.24. The number of amides is 1. The second-order valence-corrected chi connectivity index (χ2v) is 10.6. The standard InChI is InChI=1S/C18H25N3O4S2/c1-18(2,3)15(19)11-16(22)20-17(23)14-9-10-21(14)26-12-5-7-13(8-6-12)27(4,24)25/h5-8,11,14,19,22H,9-10H2,1-4H3,(H,20,23)/b16-11-,19-15?/t14-/m0/s1. The van der Waals surface area contributed by atoms with Crippen LogP contribution in [-0.2, 0) is 14.6 Å². The van der Waals surface area contributed by atoms with Crippen molar-refractivity contribution in [3.8, 4) is 0 Å². The molecule has 0 aliphatic carbocycles. The van der Waals surface area contributed by atoms with E-state index in [1.165, 1.54) is 18.0 Å². The summed E-state index contributed by atoms with van der Waals surface area (Å²) in [5.74, 6) is -0.675. The number of nitrogens with one attached hydrogen (secondary N) is 2. The van der Waals surface area contributed by atoms with Crippen molar-refractivity contribution in [2.24, 2.45) is 5.41 Å². The Kier molecular flexibility index (Phi) is 6.39. The SMILES string of the molecule is CC(C)(C)C(=N)/C=C(\O)NC(=O)[C@@H]1CCN1Sc1ccc(S(C)(=O)=O)cc1. The molecular weight excluding hydrogens is 386 g/mol. The van der Waals surface area contributed by atoms with Crippen LogP contribution in [0.15, 0.2) is 46.0 Å². The Morgan fingerprint density at radius 3 is 2.37 bits per heavy atom. The molecule has 27 heavy (non-hydrogen) atoms. The number of allylic oxidation sites excluding steroid dienone is 1. The van der Waals surface area contributed by atoms with Gasteiger partial charge >= 0.3 is 0 Å². The van der Waals surface area contributed by atoms with Crippen molar-refractivity contribution in [3.05, 3.63) is 36.2 Å². The van der Waals surface area contributed by atoms with Gasteiger partial charge < -0.3 is 10.5 Å². The minimum Gasteiger partial charge on any atom is -0.494 e. The van der Waals surface area contributed by atoms with Crippen LogP contribution in [0.4, 0.5) is 0 Å². The van der Waals surface area contributed by atoms with Crippen LogP contribution >= 0.6 is 11.9 Å². The normalized spacial score (nSPS) is 18.7. The monoisotopic (exact) mass is 411 g/mol. The molecule has 1 aromatic rings. The average molecular weight is 412 g/mol. The van der Waals surface area contributed by atoms with Gasteiger partial charge in [-0.3, -0.25) is 10.1 Å². The molecule has 0 saturated carbocycles. The van der Waals surface area contributed by atoms with Gasteiger partial charge in [0.25, 0.3) is 0 Å². The molecule has 0 spiro atoms. The van der Waals surface area contributed by atoms with Crippen LogP contribution in [0, 0.1) is 10.8 Å². The number of nitrogens with zero attached hydrogens (tertiary/aromatic N) is 1. The van der Waals surface area contributed by atoms with Gasteiger partial charge in [0.05, 0.1) is 4.90 Å². The van der Waals surface area contributed by atoms with E-state index in [4.69, 9.17) is 5.41 Å². The Labute approximate surface area is 164 Å². The molecule has 7 nitrogen and oxygen atoms in total. The van der Waals surface area contributed by atoms with Gasteiger partial charge in [-0.15, -0.1) is 0 Å². The summed E-state index contributed by atoms with van der Waals surface area (Å²) in [5.41, 5.74) is -0.207. The quantitative estimate of drug-likeness (QED) is 0.377. The number of carbonyl (C=O) groups is 1. The molecule has 1 fully saturated rings. The van der Waals surface area contributed by atoms with Gasteiger partial charge in [0.2, 0.25) is 5.91 Å². The molecule has 1 atom stereocenters. The molecule has 1 aliphatic rings. The minimum absolute atomic E-state index is 0.214. The van der Waals surface area contributed by atoms with E-state index in [1.807, 2.05) is 25.1 Å². The van der Waals surface area contributed by atoms with Crippen molar-refractivity contribution < 1.29 is 18.3 Å². The molecule has 0 unspecified atom stereocenters. The van der Waals surface area contributed by atoms with Crippen molar-refractivity contribution in [1.82, 2.24) is 9.62 Å². The summed E-state index contributed by atoms with van der Waals surface area (Å²) in [6, 6.07) is 6.09. The van der Waals surface area contributed by atoms with Crippen molar-refractivity contribution in [3.63, 3.8) is 0 Å². The first kappa shape index (κ1) is 21.5. The van der Waals surface area contributed by atoms with Gasteiger partial charge in [-0.25, -0.2) is 12.7 Å². The second-order valence-electron chi connectivity index (χ2n) is 7.46. The number of rotatable bonds is 6. The highest BCUT2D eigenvalue weighted by molar-refractivity contribution is 7.97. The number of aliphatic hydroxyl groups excluding tert-OH is 1. The highest BCUT2D eigenvalue weighted by Crippen LogP contribution is 2.32. The van der Waals surface area contributed by atoms with E-state index in [-0.39, 0.29) is 22.4 Å². The van der Waals surface area contributed by atoms with Gasteiger partial charge in [-0.1, -0.05) is 20.8 Å². The molecule has 1 amide bonds. The third kappa shape index (κ3) is 5.82. The molecule has 148 valence electrons. The van der Waals surface area contributed by atoms with Crippen LogP contribution in [0.2, 0.25) is 0 Å². The first-order chi connectivity index (χ1) is 12.4. The van der Waals surface area contributed by atoms with E-state index in [2.05, 4.69) is 5.32 Å². The van der Waals surface area contributed by atoms with Gasteiger partial charge in [0, 0.05) is 34.9 Å². The fourth-order valence-electron chi connectivity index (χ4n) is 2.22. The van der Waals surface area contributed by atoms with Gasteiger partial charge in [-0.05, 0) is 42.6 Å². The zero-order valence-corrected chi connectivity index (χ0v) is 17.4. The van der Waals surface area contributed by atoms with E-state index >= 15 is 0 Å². The summed E-state index contributed by atoms with van der Waals surface area (Å²) in [7, 11) is -3.24. The summed E-state index contributed by atoms with van der Waals surface area (Å²) in [6.07, 6.45) is 3.06. The number of hydrogen-bond acceptors (Lipinski definition) is 7.